The number of fused-ring (bicyclic) bond motifs is 1. The number of H-pyrrole nitrogens is 1. The van der Waals surface area contributed by atoms with Gasteiger partial charge in [-0.3, -0.25) is 4.57 Å². The largest absolute Gasteiger partial charge is 0.478 e. The second kappa shape index (κ2) is 3.80. The lowest BCUT2D eigenvalue weighted by atomic mass is 10.2. The molecule has 84 valence electrons. The highest BCUT2D eigenvalue weighted by Gasteiger charge is 2.13. The summed E-state index contributed by atoms with van der Waals surface area (Å²) in [5.74, 6) is -1.13. The fraction of sp³-hybridized carbons (Fsp3) is 0.200. The Morgan fingerprint density at radius 2 is 2.25 bits per heavy atom. The average molecular weight is 224 g/mol. The molecule has 0 amide bonds. The Bertz CT molecular complexity index is 600. The van der Waals surface area contributed by atoms with Gasteiger partial charge in [0.1, 0.15) is 6.67 Å². The first-order valence-corrected chi connectivity index (χ1v) is 4.66. The summed E-state index contributed by atoms with van der Waals surface area (Å²) in [6.07, 6.45) is 0. The number of benzene rings is 1. The second-order valence-corrected chi connectivity index (χ2v) is 3.28. The van der Waals surface area contributed by atoms with E-state index in [9.17, 15) is 14.0 Å². The summed E-state index contributed by atoms with van der Waals surface area (Å²) < 4.78 is 13.4. The van der Waals surface area contributed by atoms with Gasteiger partial charge in [-0.15, -0.1) is 0 Å². The molecule has 2 aromatic rings. The van der Waals surface area contributed by atoms with Gasteiger partial charge in [0.25, 0.3) is 0 Å². The van der Waals surface area contributed by atoms with Crippen LogP contribution in [0.4, 0.5) is 4.39 Å². The molecule has 0 saturated heterocycles. The van der Waals surface area contributed by atoms with Gasteiger partial charge in [0.2, 0.25) is 0 Å². The number of aromatic nitrogens is 2. The van der Waals surface area contributed by atoms with Crippen LogP contribution in [0.15, 0.2) is 23.0 Å². The zero-order valence-electron chi connectivity index (χ0n) is 8.24. The fourth-order valence-electron chi connectivity index (χ4n) is 1.66. The van der Waals surface area contributed by atoms with E-state index in [1.54, 1.807) is 6.07 Å². The number of carbonyl (C=O) groups is 1. The van der Waals surface area contributed by atoms with E-state index in [-0.39, 0.29) is 17.6 Å². The van der Waals surface area contributed by atoms with Gasteiger partial charge in [0, 0.05) is 0 Å². The summed E-state index contributed by atoms with van der Waals surface area (Å²) in [6.45, 7) is -0.758. The van der Waals surface area contributed by atoms with Crippen molar-refractivity contribution in [3.63, 3.8) is 0 Å². The Hall–Kier alpha value is -2.11. The quantitative estimate of drug-likeness (QED) is 0.816. The van der Waals surface area contributed by atoms with Gasteiger partial charge in [-0.25, -0.2) is 14.0 Å². The van der Waals surface area contributed by atoms with E-state index < -0.39 is 18.3 Å². The molecule has 6 heteroatoms. The number of rotatable bonds is 3. The fourth-order valence-corrected chi connectivity index (χ4v) is 1.66. The summed E-state index contributed by atoms with van der Waals surface area (Å²) in [7, 11) is 0. The van der Waals surface area contributed by atoms with Gasteiger partial charge in [0.15, 0.2) is 0 Å². The summed E-state index contributed by atoms with van der Waals surface area (Å²) in [5, 5.41) is 8.91. The van der Waals surface area contributed by atoms with Crippen molar-refractivity contribution in [1.29, 1.82) is 0 Å². The van der Waals surface area contributed by atoms with Gasteiger partial charge < -0.3 is 10.1 Å². The first-order valence-electron chi connectivity index (χ1n) is 4.66. The number of aromatic amines is 1. The number of aryl methyl sites for hydroxylation is 1. The first-order chi connectivity index (χ1) is 7.65. The van der Waals surface area contributed by atoms with Crippen LogP contribution >= 0.6 is 0 Å². The SMILES string of the molecule is O=C(O)c1cccc2c1[nH]c(=O)n2CCF. The lowest BCUT2D eigenvalue weighted by molar-refractivity contribution is 0.0699. The van der Waals surface area contributed by atoms with Crippen LogP contribution in [0.3, 0.4) is 0 Å². The van der Waals surface area contributed by atoms with Crippen LogP contribution in [0.2, 0.25) is 0 Å². The Labute approximate surface area is 89.1 Å². The molecule has 0 atom stereocenters. The van der Waals surface area contributed by atoms with Gasteiger partial charge in [-0.1, -0.05) is 6.07 Å². The number of hydrogen-bond acceptors (Lipinski definition) is 2. The van der Waals surface area contributed by atoms with E-state index in [0.717, 1.165) is 0 Å². The summed E-state index contributed by atoms with van der Waals surface area (Å²) in [4.78, 5) is 24.8. The molecule has 5 nitrogen and oxygen atoms in total. The number of hydrogen-bond donors (Lipinski definition) is 2. The lowest BCUT2D eigenvalue weighted by Crippen LogP contribution is -2.17. The van der Waals surface area contributed by atoms with E-state index in [0.29, 0.717) is 5.52 Å². The van der Waals surface area contributed by atoms with Crippen molar-refractivity contribution < 1.29 is 14.3 Å². The Balaban J connectivity index is 2.77. The molecule has 0 fully saturated rings. The van der Waals surface area contributed by atoms with E-state index in [1.807, 2.05) is 0 Å². The van der Waals surface area contributed by atoms with E-state index in [1.165, 1.54) is 16.7 Å². The third-order valence-corrected chi connectivity index (χ3v) is 2.35. The average Bonchev–Trinajstić information content (AvgIpc) is 2.56. The monoisotopic (exact) mass is 224 g/mol. The molecule has 0 aliphatic heterocycles. The van der Waals surface area contributed by atoms with Crippen molar-refractivity contribution in [2.24, 2.45) is 0 Å². The number of carboxylic acid groups (broad SMARTS) is 1. The predicted molar refractivity (Wildman–Crippen MR) is 55.5 cm³/mol. The Morgan fingerprint density at radius 1 is 1.50 bits per heavy atom. The van der Waals surface area contributed by atoms with E-state index in [4.69, 9.17) is 5.11 Å². The molecule has 0 aliphatic rings. The molecular weight excluding hydrogens is 215 g/mol. The van der Waals surface area contributed by atoms with Crippen LogP contribution in [0.25, 0.3) is 11.0 Å². The highest BCUT2D eigenvalue weighted by atomic mass is 19.1. The highest BCUT2D eigenvalue weighted by Crippen LogP contribution is 2.15. The van der Waals surface area contributed by atoms with Crippen molar-refractivity contribution in [2.45, 2.75) is 6.54 Å². The van der Waals surface area contributed by atoms with E-state index >= 15 is 0 Å². The molecule has 0 saturated carbocycles. The van der Waals surface area contributed by atoms with E-state index in [2.05, 4.69) is 4.98 Å². The molecule has 1 heterocycles. The standard InChI is InChI=1S/C10H9FN2O3/c11-4-5-13-7-3-1-2-6(9(14)15)8(7)12-10(13)16/h1-3H,4-5H2,(H,12,16)(H,14,15). The van der Waals surface area contributed by atoms with Crippen molar-refractivity contribution in [3.8, 4) is 0 Å². The summed E-state index contributed by atoms with van der Waals surface area (Å²) in [6, 6.07) is 4.49. The van der Waals surface area contributed by atoms with Crippen LogP contribution in [-0.2, 0) is 6.54 Å². The van der Waals surface area contributed by atoms with Gasteiger partial charge in [-0.05, 0) is 12.1 Å². The molecule has 0 aliphatic carbocycles. The first kappa shape index (κ1) is 10.4. The van der Waals surface area contributed by atoms with Gasteiger partial charge in [0.05, 0.1) is 23.1 Å². The third-order valence-electron chi connectivity index (χ3n) is 2.35. The molecule has 1 aromatic heterocycles. The van der Waals surface area contributed by atoms with Crippen molar-refractivity contribution in [2.75, 3.05) is 6.67 Å². The normalized spacial score (nSPS) is 10.8. The number of carboxylic acids is 1. The number of halogens is 1. The molecule has 2 N–H and O–H groups in total. The number of nitrogens with one attached hydrogen (secondary N) is 1. The summed E-state index contributed by atoms with van der Waals surface area (Å²) in [5.41, 5.74) is 0.143. The Morgan fingerprint density at radius 3 is 2.88 bits per heavy atom. The maximum Gasteiger partial charge on any atom is 0.337 e. The zero-order chi connectivity index (χ0) is 11.7. The van der Waals surface area contributed by atoms with Crippen LogP contribution in [0.1, 0.15) is 10.4 Å². The maximum absolute atomic E-state index is 12.2. The maximum atomic E-state index is 12.2. The number of nitrogens with zero attached hydrogens (tertiary/aromatic N) is 1. The van der Waals surface area contributed by atoms with Crippen LogP contribution < -0.4 is 5.69 Å². The van der Waals surface area contributed by atoms with Crippen molar-refractivity contribution >= 4 is 17.0 Å². The van der Waals surface area contributed by atoms with Crippen molar-refractivity contribution in [1.82, 2.24) is 9.55 Å². The van der Waals surface area contributed by atoms with Gasteiger partial charge >= 0.3 is 11.7 Å². The smallest absolute Gasteiger partial charge is 0.337 e. The molecule has 0 radical (unpaired) electrons. The minimum absolute atomic E-state index is 0.00667. The van der Waals surface area contributed by atoms with Gasteiger partial charge in [-0.2, -0.15) is 0 Å². The minimum atomic E-state index is -1.13. The molecule has 0 spiro atoms. The van der Waals surface area contributed by atoms with Crippen molar-refractivity contribution in [3.05, 3.63) is 34.2 Å². The number of imidazole rings is 1. The molecule has 2 rings (SSSR count). The highest BCUT2D eigenvalue weighted by molar-refractivity contribution is 6.00. The van der Waals surface area contributed by atoms with Crippen LogP contribution in [-0.4, -0.2) is 27.3 Å². The summed E-state index contributed by atoms with van der Waals surface area (Å²) >= 11 is 0. The molecule has 0 unspecified atom stereocenters. The number of aromatic carboxylic acids is 1. The zero-order valence-corrected chi connectivity index (χ0v) is 8.24. The number of para-hydroxylation sites is 1. The minimum Gasteiger partial charge on any atom is -0.478 e. The number of alkyl halides is 1. The lowest BCUT2D eigenvalue weighted by Gasteiger charge is -1.99. The predicted octanol–water partition coefficient (Wildman–Crippen LogP) is 0.997. The molecule has 16 heavy (non-hydrogen) atoms. The molecule has 0 bridgehead atoms. The third kappa shape index (κ3) is 1.48. The Kier molecular flexibility index (Phi) is 2.47. The van der Waals surface area contributed by atoms with Crippen LogP contribution in [0, 0.1) is 0 Å². The molecule has 1 aromatic carbocycles. The van der Waals surface area contributed by atoms with Crippen LogP contribution in [0.5, 0.6) is 0 Å². The second-order valence-electron chi connectivity index (χ2n) is 3.28. The topological polar surface area (TPSA) is 75.1 Å². The molecular formula is C10H9FN2O3.